The van der Waals surface area contributed by atoms with Crippen molar-refractivity contribution in [3.63, 3.8) is 0 Å². The normalized spacial score (nSPS) is 10.1. The Labute approximate surface area is 126 Å². The Morgan fingerprint density at radius 3 is 2.64 bits per heavy atom. The van der Waals surface area contributed by atoms with Gasteiger partial charge in [0.1, 0.15) is 5.56 Å². The number of rotatable bonds is 6. The topological polar surface area (TPSA) is 87.9 Å². The first kappa shape index (κ1) is 15.6. The van der Waals surface area contributed by atoms with Crippen LogP contribution in [0, 0.1) is 0 Å². The van der Waals surface area contributed by atoms with Gasteiger partial charge >= 0.3 is 11.9 Å². The summed E-state index contributed by atoms with van der Waals surface area (Å²) in [6.45, 7) is 1.78. The number of methoxy groups -OCH3 is 1. The van der Waals surface area contributed by atoms with Gasteiger partial charge in [-0.05, 0) is 19.1 Å². The number of carbonyl (C=O) groups is 2. The molecule has 7 heteroatoms. The molecule has 0 bridgehead atoms. The number of hydrogen-bond donors (Lipinski definition) is 0. The molecule has 2 aromatic heterocycles. The Hall–Kier alpha value is -2.83. The lowest BCUT2D eigenvalue weighted by atomic mass is 10.2. The molecular weight excluding hydrogens is 290 g/mol. The van der Waals surface area contributed by atoms with Gasteiger partial charge in [-0.2, -0.15) is 0 Å². The van der Waals surface area contributed by atoms with Gasteiger partial charge in [-0.1, -0.05) is 0 Å². The largest absolute Gasteiger partial charge is 0.481 e. The Balaban J connectivity index is 1.99. The number of esters is 2. The van der Waals surface area contributed by atoms with Crippen molar-refractivity contribution in [1.29, 1.82) is 0 Å². The Morgan fingerprint density at radius 1 is 1.18 bits per heavy atom. The SMILES string of the molecule is CCOC(=O)c1ccoc1COC(=O)c1ccc(OC)nc1. The van der Waals surface area contributed by atoms with E-state index in [0.29, 0.717) is 5.88 Å². The van der Waals surface area contributed by atoms with Crippen molar-refractivity contribution >= 4 is 11.9 Å². The molecule has 0 radical (unpaired) electrons. The first-order valence-electron chi connectivity index (χ1n) is 6.56. The number of ether oxygens (including phenoxy) is 3. The van der Waals surface area contributed by atoms with E-state index in [-0.39, 0.29) is 30.1 Å². The lowest BCUT2D eigenvalue weighted by molar-refractivity contribution is 0.0422. The molecule has 0 aliphatic rings. The maximum Gasteiger partial charge on any atom is 0.341 e. The molecule has 0 amide bonds. The summed E-state index contributed by atoms with van der Waals surface area (Å²) in [4.78, 5) is 27.5. The van der Waals surface area contributed by atoms with Crippen LogP contribution in [0.3, 0.4) is 0 Å². The van der Waals surface area contributed by atoms with Crippen molar-refractivity contribution in [2.24, 2.45) is 0 Å². The van der Waals surface area contributed by atoms with Crippen LogP contribution in [0.25, 0.3) is 0 Å². The highest BCUT2D eigenvalue weighted by atomic mass is 16.5. The molecule has 2 aromatic rings. The standard InChI is InChI=1S/C15H15NO6/c1-3-20-15(18)11-6-7-21-12(11)9-22-14(17)10-4-5-13(19-2)16-8-10/h4-8H,3,9H2,1-2H3. The molecular formula is C15H15NO6. The second-order valence-corrected chi connectivity index (χ2v) is 4.14. The Kier molecular flexibility index (Phi) is 5.13. The molecule has 0 spiro atoms. The van der Waals surface area contributed by atoms with E-state index in [9.17, 15) is 9.59 Å². The lowest BCUT2D eigenvalue weighted by Crippen LogP contribution is -2.09. The van der Waals surface area contributed by atoms with Crippen LogP contribution in [0.1, 0.15) is 33.4 Å². The fourth-order valence-corrected chi connectivity index (χ4v) is 1.68. The second kappa shape index (κ2) is 7.26. The molecule has 0 aliphatic carbocycles. The highest BCUT2D eigenvalue weighted by molar-refractivity contribution is 5.91. The maximum absolute atomic E-state index is 11.9. The predicted octanol–water partition coefficient (Wildman–Crippen LogP) is 2.22. The van der Waals surface area contributed by atoms with Crippen LogP contribution >= 0.6 is 0 Å². The minimum absolute atomic E-state index is 0.175. The van der Waals surface area contributed by atoms with Gasteiger partial charge in [0.15, 0.2) is 12.4 Å². The number of hydrogen-bond acceptors (Lipinski definition) is 7. The van der Waals surface area contributed by atoms with Crippen LogP contribution in [0.4, 0.5) is 0 Å². The average molecular weight is 305 g/mol. The molecule has 0 aromatic carbocycles. The number of nitrogens with zero attached hydrogens (tertiary/aromatic N) is 1. The summed E-state index contributed by atoms with van der Waals surface area (Å²) in [5.74, 6) is -0.477. The highest BCUT2D eigenvalue weighted by Gasteiger charge is 2.17. The van der Waals surface area contributed by atoms with Gasteiger partial charge in [0.2, 0.25) is 5.88 Å². The summed E-state index contributed by atoms with van der Waals surface area (Å²) in [6, 6.07) is 4.55. The minimum atomic E-state index is -0.582. The van der Waals surface area contributed by atoms with Crippen molar-refractivity contribution in [3.05, 3.63) is 47.5 Å². The number of pyridine rings is 1. The maximum atomic E-state index is 11.9. The molecule has 22 heavy (non-hydrogen) atoms. The van der Waals surface area contributed by atoms with Gasteiger partial charge in [-0.3, -0.25) is 0 Å². The highest BCUT2D eigenvalue weighted by Crippen LogP contribution is 2.15. The zero-order valence-electron chi connectivity index (χ0n) is 12.2. The van der Waals surface area contributed by atoms with Gasteiger partial charge in [-0.25, -0.2) is 14.6 Å². The van der Waals surface area contributed by atoms with Crippen molar-refractivity contribution < 1.29 is 28.2 Å². The Bertz CT molecular complexity index is 646. The first-order chi connectivity index (χ1) is 10.7. The van der Waals surface area contributed by atoms with Gasteiger partial charge in [0, 0.05) is 12.3 Å². The third kappa shape index (κ3) is 3.63. The van der Waals surface area contributed by atoms with Crippen LogP contribution < -0.4 is 4.74 Å². The molecule has 2 rings (SSSR count). The van der Waals surface area contributed by atoms with Gasteiger partial charge in [-0.15, -0.1) is 0 Å². The van der Waals surface area contributed by atoms with Crippen LogP contribution in [0.15, 0.2) is 35.1 Å². The summed E-state index contributed by atoms with van der Waals surface area (Å²) in [7, 11) is 1.48. The fourth-order valence-electron chi connectivity index (χ4n) is 1.68. The van der Waals surface area contributed by atoms with Gasteiger partial charge < -0.3 is 18.6 Å². The van der Waals surface area contributed by atoms with E-state index in [4.69, 9.17) is 18.6 Å². The minimum Gasteiger partial charge on any atom is -0.481 e. The van der Waals surface area contributed by atoms with E-state index in [1.165, 1.54) is 31.7 Å². The first-order valence-corrected chi connectivity index (χ1v) is 6.56. The monoisotopic (exact) mass is 305 g/mol. The van der Waals surface area contributed by atoms with E-state index < -0.39 is 11.9 Å². The number of furan rings is 1. The molecule has 2 heterocycles. The van der Waals surface area contributed by atoms with Crippen molar-refractivity contribution in [2.75, 3.05) is 13.7 Å². The van der Waals surface area contributed by atoms with Gasteiger partial charge in [0.05, 0.1) is 25.5 Å². The Morgan fingerprint density at radius 2 is 2.00 bits per heavy atom. The zero-order chi connectivity index (χ0) is 15.9. The summed E-state index contributed by atoms with van der Waals surface area (Å²) in [6.07, 6.45) is 2.68. The third-order valence-electron chi connectivity index (χ3n) is 2.76. The number of carbonyl (C=O) groups excluding carboxylic acids is 2. The van der Waals surface area contributed by atoms with Crippen LogP contribution in [0.2, 0.25) is 0 Å². The van der Waals surface area contributed by atoms with E-state index in [1.54, 1.807) is 13.0 Å². The second-order valence-electron chi connectivity index (χ2n) is 4.14. The van der Waals surface area contributed by atoms with Gasteiger partial charge in [0.25, 0.3) is 0 Å². The molecule has 0 atom stereocenters. The van der Waals surface area contributed by atoms with Crippen molar-refractivity contribution in [1.82, 2.24) is 4.98 Å². The fraction of sp³-hybridized carbons (Fsp3) is 0.267. The van der Waals surface area contributed by atoms with E-state index >= 15 is 0 Å². The lowest BCUT2D eigenvalue weighted by Gasteiger charge is -2.05. The van der Waals surface area contributed by atoms with Crippen molar-refractivity contribution in [2.45, 2.75) is 13.5 Å². The summed E-state index contributed by atoms with van der Waals surface area (Å²) in [5.41, 5.74) is 0.507. The molecule has 0 unspecified atom stereocenters. The molecule has 7 nitrogen and oxygen atoms in total. The molecule has 116 valence electrons. The predicted molar refractivity (Wildman–Crippen MR) is 74.6 cm³/mol. The van der Waals surface area contributed by atoms with E-state index in [1.807, 2.05) is 0 Å². The smallest absolute Gasteiger partial charge is 0.341 e. The van der Waals surface area contributed by atoms with Crippen LogP contribution in [-0.4, -0.2) is 30.6 Å². The van der Waals surface area contributed by atoms with E-state index in [0.717, 1.165) is 0 Å². The summed E-state index contributed by atoms with van der Waals surface area (Å²) in [5, 5.41) is 0. The molecule has 0 N–H and O–H groups in total. The van der Waals surface area contributed by atoms with E-state index in [2.05, 4.69) is 4.98 Å². The van der Waals surface area contributed by atoms with Crippen LogP contribution in [-0.2, 0) is 16.1 Å². The van der Waals surface area contributed by atoms with Crippen molar-refractivity contribution in [3.8, 4) is 5.88 Å². The summed E-state index contributed by atoms with van der Waals surface area (Å²) >= 11 is 0. The number of aromatic nitrogens is 1. The summed E-state index contributed by atoms with van der Waals surface area (Å²) < 4.78 is 20.0. The molecule has 0 saturated heterocycles. The molecule has 0 aliphatic heterocycles. The third-order valence-corrected chi connectivity index (χ3v) is 2.76. The molecule has 0 fully saturated rings. The molecule has 0 saturated carbocycles. The average Bonchev–Trinajstić information content (AvgIpc) is 3.01. The quantitative estimate of drug-likeness (QED) is 0.756. The van der Waals surface area contributed by atoms with Crippen LogP contribution in [0.5, 0.6) is 5.88 Å². The zero-order valence-corrected chi connectivity index (χ0v) is 12.2.